The zero-order valence-electron chi connectivity index (χ0n) is 22.1. The van der Waals surface area contributed by atoms with E-state index in [4.69, 9.17) is 28.8 Å². The van der Waals surface area contributed by atoms with Gasteiger partial charge in [0, 0.05) is 19.6 Å². The maximum atomic E-state index is 11.0. The highest BCUT2D eigenvalue weighted by Crippen LogP contribution is 2.39. The highest BCUT2D eigenvalue weighted by molar-refractivity contribution is 5.74. The number of benzene rings is 3. The monoisotopic (exact) mass is 519 g/mol. The summed E-state index contributed by atoms with van der Waals surface area (Å²) in [6.45, 7) is 2.34. The van der Waals surface area contributed by atoms with Crippen LogP contribution in [0.15, 0.2) is 54.6 Å². The number of hydrogen-bond acceptors (Lipinski definition) is 7. The summed E-state index contributed by atoms with van der Waals surface area (Å²) in [7, 11) is 6.38. The van der Waals surface area contributed by atoms with Gasteiger partial charge in [0.25, 0.3) is 0 Å². The van der Waals surface area contributed by atoms with E-state index in [1.54, 1.807) is 28.4 Å². The van der Waals surface area contributed by atoms with Crippen LogP contribution in [0.25, 0.3) is 12.2 Å². The molecule has 3 aromatic carbocycles. The molecule has 0 saturated carbocycles. The zero-order chi connectivity index (χ0) is 27.1. The first-order valence-electron chi connectivity index (χ1n) is 12.3. The first-order chi connectivity index (χ1) is 18.4. The number of carbonyl (C=O) groups is 1. The largest absolute Gasteiger partial charge is 0.493 e. The summed E-state index contributed by atoms with van der Waals surface area (Å²) in [6, 6.07) is 17.7. The number of hydrogen-bond donors (Lipinski definition) is 1. The molecule has 1 N–H and O–H groups in total. The molecular weight excluding hydrogens is 486 g/mol. The van der Waals surface area contributed by atoms with Gasteiger partial charge in [-0.05, 0) is 46.5 Å². The number of carboxylic acids is 1. The molecular formula is C30H33NO7. The van der Waals surface area contributed by atoms with Gasteiger partial charge in [0.15, 0.2) is 23.0 Å². The summed E-state index contributed by atoms with van der Waals surface area (Å²) in [5.41, 5.74) is 4.02. The summed E-state index contributed by atoms with van der Waals surface area (Å²) in [5.74, 6) is 2.06. The van der Waals surface area contributed by atoms with Crippen molar-refractivity contribution < 1.29 is 33.6 Å². The summed E-state index contributed by atoms with van der Waals surface area (Å²) in [4.78, 5) is 13.1. The van der Waals surface area contributed by atoms with Gasteiger partial charge >= 0.3 is 5.97 Å². The Morgan fingerprint density at radius 3 is 1.95 bits per heavy atom. The predicted molar refractivity (Wildman–Crippen MR) is 145 cm³/mol. The minimum absolute atomic E-state index is 0.245. The number of aliphatic carboxylic acids is 1. The predicted octanol–water partition coefficient (Wildman–Crippen LogP) is 4.99. The summed E-state index contributed by atoms with van der Waals surface area (Å²) in [6.07, 6.45) is 3.94. The SMILES string of the molecule is COc1ccc(/C=C\c2cc(OC)c(OC)c(OC)c2)cc1OCc1ccc(CN2CC(C(=O)O)C2)cc1. The minimum Gasteiger partial charge on any atom is -0.493 e. The van der Waals surface area contributed by atoms with E-state index in [0.29, 0.717) is 48.4 Å². The Kier molecular flexibility index (Phi) is 8.76. The van der Waals surface area contributed by atoms with Crippen molar-refractivity contribution in [3.63, 3.8) is 0 Å². The van der Waals surface area contributed by atoms with E-state index in [9.17, 15) is 4.79 Å². The van der Waals surface area contributed by atoms with Gasteiger partial charge in [-0.25, -0.2) is 0 Å². The van der Waals surface area contributed by atoms with Crippen LogP contribution in [0.2, 0.25) is 0 Å². The highest BCUT2D eigenvalue weighted by atomic mass is 16.5. The van der Waals surface area contributed by atoms with Crippen molar-refractivity contribution >= 4 is 18.1 Å². The number of nitrogens with zero attached hydrogens (tertiary/aromatic N) is 1. The second kappa shape index (κ2) is 12.4. The van der Waals surface area contributed by atoms with Crippen LogP contribution >= 0.6 is 0 Å². The van der Waals surface area contributed by atoms with Crippen molar-refractivity contribution in [3.8, 4) is 28.7 Å². The Bertz CT molecular complexity index is 1260. The Morgan fingerprint density at radius 2 is 1.37 bits per heavy atom. The van der Waals surface area contributed by atoms with Crippen molar-refractivity contribution in [2.75, 3.05) is 41.5 Å². The maximum Gasteiger partial charge on any atom is 0.309 e. The fourth-order valence-corrected chi connectivity index (χ4v) is 4.32. The molecule has 4 rings (SSSR count). The molecule has 0 bridgehead atoms. The van der Waals surface area contributed by atoms with Crippen molar-refractivity contribution in [2.24, 2.45) is 5.92 Å². The Labute approximate surface area is 223 Å². The molecule has 3 aromatic rings. The lowest BCUT2D eigenvalue weighted by Crippen LogP contribution is -2.49. The molecule has 1 aliphatic rings. The second-order valence-electron chi connectivity index (χ2n) is 9.04. The molecule has 1 saturated heterocycles. The molecule has 1 heterocycles. The molecule has 1 fully saturated rings. The Balaban J connectivity index is 1.41. The lowest BCUT2D eigenvalue weighted by atomic mass is 9.99. The van der Waals surface area contributed by atoms with E-state index < -0.39 is 5.97 Å². The van der Waals surface area contributed by atoms with Crippen molar-refractivity contribution in [1.82, 2.24) is 4.90 Å². The molecule has 38 heavy (non-hydrogen) atoms. The Hall–Kier alpha value is -4.17. The van der Waals surface area contributed by atoms with E-state index in [1.807, 2.05) is 54.6 Å². The lowest BCUT2D eigenvalue weighted by molar-refractivity contribution is -0.147. The maximum absolute atomic E-state index is 11.0. The second-order valence-corrected chi connectivity index (χ2v) is 9.04. The number of carboxylic acid groups (broad SMARTS) is 1. The molecule has 1 aliphatic heterocycles. The smallest absolute Gasteiger partial charge is 0.309 e. The third kappa shape index (κ3) is 6.39. The van der Waals surface area contributed by atoms with Gasteiger partial charge in [0.2, 0.25) is 5.75 Å². The van der Waals surface area contributed by atoms with Crippen LogP contribution in [-0.2, 0) is 17.9 Å². The number of ether oxygens (including phenoxy) is 5. The van der Waals surface area contributed by atoms with Crippen molar-refractivity contribution in [2.45, 2.75) is 13.2 Å². The number of methoxy groups -OCH3 is 4. The van der Waals surface area contributed by atoms with Crippen molar-refractivity contribution in [3.05, 3.63) is 76.9 Å². The van der Waals surface area contributed by atoms with Gasteiger partial charge in [0.05, 0.1) is 34.4 Å². The quantitative estimate of drug-likeness (QED) is 0.335. The molecule has 0 spiro atoms. The molecule has 8 heteroatoms. The van der Waals surface area contributed by atoms with Gasteiger partial charge in [-0.2, -0.15) is 0 Å². The normalized spacial score (nSPS) is 13.7. The highest BCUT2D eigenvalue weighted by Gasteiger charge is 2.32. The van der Waals surface area contributed by atoms with Crippen molar-refractivity contribution in [1.29, 1.82) is 0 Å². The molecule has 0 unspecified atom stereocenters. The van der Waals surface area contributed by atoms with E-state index in [1.165, 1.54) is 0 Å². The standard InChI is InChI=1S/C30H33NO7/c1-34-25-12-11-20(5-10-23-14-27(35-2)29(37-4)28(15-23)36-3)13-26(25)38-19-22-8-6-21(7-9-22)16-31-17-24(18-31)30(32)33/h5-15,24H,16-19H2,1-4H3,(H,32,33)/b10-5-. The van der Waals surface area contributed by atoms with Crippen LogP contribution in [0.5, 0.6) is 28.7 Å². The molecule has 0 aliphatic carbocycles. The van der Waals surface area contributed by atoms with E-state index in [2.05, 4.69) is 17.0 Å². The lowest BCUT2D eigenvalue weighted by Gasteiger charge is -2.36. The van der Waals surface area contributed by atoms with Crippen LogP contribution in [-0.4, -0.2) is 57.5 Å². The topological polar surface area (TPSA) is 86.7 Å². The Morgan fingerprint density at radius 1 is 0.789 bits per heavy atom. The van der Waals surface area contributed by atoms with Crippen LogP contribution in [0.3, 0.4) is 0 Å². The summed E-state index contributed by atoms with van der Waals surface area (Å²) in [5, 5.41) is 9.03. The summed E-state index contributed by atoms with van der Waals surface area (Å²) < 4.78 is 27.9. The average Bonchev–Trinajstić information content (AvgIpc) is 2.92. The number of likely N-dealkylation sites (tertiary alicyclic amines) is 1. The van der Waals surface area contributed by atoms with E-state index >= 15 is 0 Å². The minimum atomic E-state index is -0.718. The third-order valence-corrected chi connectivity index (χ3v) is 6.47. The third-order valence-electron chi connectivity index (χ3n) is 6.47. The molecule has 0 radical (unpaired) electrons. The molecule has 8 nitrogen and oxygen atoms in total. The molecule has 0 aromatic heterocycles. The van der Waals surface area contributed by atoms with Crippen LogP contribution < -0.4 is 23.7 Å². The fourth-order valence-electron chi connectivity index (χ4n) is 4.32. The van der Waals surface area contributed by atoms with Gasteiger partial charge in [-0.1, -0.05) is 42.5 Å². The van der Waals surface area contributed by atoms with E-state index in [-0.39, 0.29) is 5.92 Å². The van der Waals surface area contributed by atoms with Crippen LogP contribution in [0.4, 0.5) is 0 Å². The number of rotatable bonds is 12. The van der Waals surface area contributed by atoms with Gasteiger partial charge in [-0.3, -0.25) is 9.69 Å². The van der Waals surface area contributed by atoms with E-state index in [0.717, 1.165) is 28.8 Å². The zero-order valence-corrected chi connectivity index (χ0v) is 22.1. The summed E-state index contributed by atoms with van der Waals surface area (Å²) >= 11 is 0. The molecule has 200 valence electrons. The van der Waals surface area contributed by atoms with Gasteiger partial charge < -0.3 is 28.8 Å². The van der Waals surface area contributed by atoms with Gasteiger partial charge in [0.1, 0.15) is 6.61 Å². The first kappa shape index (κ1) is 26.9. The first-order valence-corrected chi connectivity index (χ1v) is 12.3. The average molecular weight is 520 g/mol. The fraction of sp³-hybridized carbons (Fsp3) is 0.300. The molecule has 0 amide bonds. The molecule has 0 atom stereocenters. The van der Waals surface area contributed by atoms with Gasteiger partial charge in [-0.15, -0.1) is 0 Å². The van der Waals surface area contributed by atoms with Crippen LogP contribution in [0, 0.1) is 5.92 Å². The van der Waals surface area contributed by atoms with Crippen LogP contribution in [0.1, 0.15) is 22.3 Å².